The molecule has 0 aliphatic heterocycles. The Balaban J connectivity index is 2.74. The molecule has 0 spiro atoms. The van der Waals surface area contributed by atoms with Crippen molar-refractivity contribution in [2.75, 3.05) is 11.9 Å². The van der Waals surface area contributed by atoms with Crippen LogP contribution in [0.5, 0.6) is 0 Å². The molecule has 1 rings (SSSR count). The average Bonchev–Trinajstić information content (AvgIpc) is 2.21. The fourth-order valence-electron chi connectivity index (χ4n) is 1.21. The minimum Gasteiger partial charge on any atom is -0.450 e. The van der Waals surface area contributed by atoms with Crippen LogP contribution in [-0.2, 0) is 11.2 Å². The number of rotatable bonds is 3. The minimum absolute atomic E-state index is 0.361. The Morgan fingerprint density at radius 3 is 2.80 bits per heavy atom. The van der Waals surface area contributed by atoms with Crippen LogP contribution in [0.25, 0.3) is 0 Å². The van der Waals surface area contributed by atoms with Gasteiger partial charge < -0.3 is 4.74 Å². The highest BCUT2D eigenvalue weighted by atomic mass is 35.5. The third kappa shape index (κ3) is 3.44. The summed E-state index contributed by atoms with van der Waals surface area (Å²) in [6.07, 6.45) is 0.388. The molecule has 0 aromatic heterocycles. The highest BCUT2D eigenvalue weighted by Crippen LogP contribution is 2.20. The van der Waals surface area contributed by atoms with E-state index in [2.05, 4.69) is 5.32 Å². The smallest absolute Gasteiger partial charge is 0.411 e. The van der Waals surface area contributed by atoms with Crippen LogP contribution >= 0.6 is 11.6 Å². The zero-order chi connectivity index (χ0) is 11.3. The number of aryl methyl sites for hydroxylation is 1. The van der Waals surface area contributed by atoms with Gasteiger partial charge in [0.2, 0.25) is 0 Å². The fourth-order valence-corrected chi connectivity index (χ4v) is 1.46. The number of amides is 1. The molecule has 0 radical (unpaired) electrons. The molecule has 1 aromatic carbocycles. The standard InChI is InChI=1S/C11H14ClNO2/c1-3-8-7-9(5-6-10(8)12)13-11(14)15-4-2/h5-7H,3-4H2,1-2H3,(H,13,14). The Kier molecular flexibility index (Phi) is 4.43. The maximum Gasteiger partial charge on any atom is 0.411 e. The summed E-state index contributed by atoms with van der Waals surface area (Å²) in [5, 5.41) is 3.34. The molecule has 82 valence electrons. The molecule has 1 amide bonds. The number of carbonyl (C=O) groups excluding carboxylic acids is 1. The average molecular weight is 228 g/mol. The van der Waals surface area contributed by atoms with E-state index in [0.29, 0.717) is 17.3 Å². The van der Waals surface area contributed by atoms with E-state index in [-0.39, 0.29) is 0 Å². The summed E-state index contributed by atoms with van der Waals surface area (Å²) in [5.41, 5.74) is 1.71. The number of ether oxygens (including phenoxy) is 1. The van der Waals surface area contributed by atoms with E-state index in [1.54, 1.807) is 19.1 Å². The van der Waals surface area contributed by atoms with Crippen molar-refractivity contribution in [2.24, 2.45) is 0 Å². The van der Waals surface area contributed by atoms with Crippen LogP contribution in [-0.4, -0.2) is 12.7 Å². The lowest BCUT2D eigenvalue weighted by Gasteiger charge is -2.07. The quantitative estimate of drug-likeness (QED) is 0.859. The van der Waals surface area contributed by atoms with Gasteiger partial charge in [-0.3, -0.25) is 5.32 Å². The SMILES string of the molecule is CCOC(=O)Nc1ccc(Cl)c(CC)c1. The highest BCUT2D eigenvalue weighted by Gasteiger charge is 2.04. The third-order valence-electron chi connectivity index (χ3n) is 1.95. The summed E-state index contributed by atoms with van der Waals surface area (Å²) < 4.78 is 4.77. The van der Waals surface area contributed by atoms with E-state index in [0.717, 1.165) is 12.0 Å². The van der Waals surface area contributed by atoms with E-state index >= 15 is 0 Å². The summed E-state index contributed by atoms with van der Waals surface area (Å²) in [7, 11) is 0. The summed E-state index contributed by atoms with van der Waals surface area (Å²) in [4.78, 5) is 11.1. The van der Waals surface area contributed by atoms with Crippen LogP contribution in [0.15, 0.2) is 18.2 Å². The molecule has 1 aromatic rings. The third-order valence-corrected chi connectivity index (χ3v) is 2.32. The number of hydrogen-bond acceptors (Lipinski definition) is 2. The molecule has 4 heteroatoms. The second-order valence-electron chi connectivity index (χ2n) is 3.01. The summed E-state index contributed by atoms with van der Waals surface area (Å²) >= 11 is 5.95. The number of carbonyl (C=O) groups is 1. The van der Waals surface area contributed by atoms with Crippen molar-refractivity contribution in [2.45, 2.75) is 20.3 Å². The Hall–Kier alpha value is -1.22. The van der Waals surface area contributed by atoms with Gasteiger partial charge in [0.15, 0.2) is 0 Å². The molecule has 0 heterocycles. The van der Waals surface area contributed by atoms with Crippen molar-refractivity contribution in [1.82, 2.24) is 0 Å². The number of benzene rings is 1. The minimum atomic E-state index is -0.443. The van der Waals surface area contributed by atoms with E-state index in [9.17, 15) is 4.79 Å². The monoisotopic (exact) mass is 227 g/mol. The molecule has 0 aliphatic rings. The van der Waals surface area contributed by atoms with Crippen molar-refractivity contribution in [1.29, 1.82) is 0 Å². The predicted molar refractivity (Wildman–Crippen MR) is 61.5 cm³/mol. The molecular weight excluding hydrogens is 214 g/mol. The second kappa shape index (κ2) is 5.61. The summed E-state index contributed by atoms with van der Waals surface area (Å²) in [6.45, 7) is 4.13. The van der Waals surface area contributed by atoms with Crippen molar-refractivity contribution >= 4 is 23.4 Å². The normalized spacial score (nSPS) is 9.80. The first kappa shape index (κ1) is 11.9. The predicted octanol–water partition coefficient (Wildman–Crippen LogP) is 3.47. The van der Waals surface area contributed by atoms with Gasteiger partial charge in [0.1, 0.15) is 0 Å². The molecule has 0 aliphatic carbocycles. The molecule has 1 N–H and O–H groups in total. The van der Waals surface area contributed by atoms with Crippen LogP contribution in [0.1, 0.15) is 19.4 Å². The lowest BCUT2D eigenvalue weighted by molar-refractivity contribution is 0.168. The topological polar surface area (TPSA) is 38.3 Å². The van der Waals surface area contributed by atoms with Crippen LogP contribution in [0, 0.1) is 0 Å². The number of nitrogens with one attached hydrogen (secondary N) is 1. The molecule has 0 saturated carbocycles. The first-order valence-electron chi connectivity index (χ1n) is 4.89. The highest BCUT2D eigenvalue weighted by molar-refractivity contribution is 6.31. The van der Waals surface area contributed by atoms with Crippen LogP contribution in [0.4, 0.5) is 10.5 Å². The zero-order valence-electron chi connectivity index (χ0n) is 8.84. The largest absolute Gasteiger partial charge is 0.450 e. The lowest BCUT2D eigenvalue weighted by atomic mass is 10.1. The van der Waals surface area contributed by atoms with Gasteiger partial charge in [0.05, 0.1) is 6.61 Å². The van der Waals surface area contributed by atoms with Gasteiger partial charge in [-0.2, -0.15) is 0 Å². The van der Waals surface area contributed by atoms with Crippen LogP contribution in [0.3, 0.4) is 0 Å². The maximum atomic E-state index is 11.1. The molecule has 0 saturated heterocycles. The van der Waals surface area contributed by atoms with Crippen molar-refractivity contribution in [3.63, 3.8) is 0 Å². The Morgan fingerprint density at radius 1 is 1.47 bits per heavy atom. The lowest BCUT2D eigenvalue weighted by Crippen LogP contribution is -2.13. The van der Waals surface area contributed by atoms with E-state index < -0.39 is 6.09 Å². The van der Waals surface area contributed by atoms with Crippen LogP contribution in [0.2, 0.25) is 5.02 Å². The molecule has 0 atom stereocenters. The number of anilines is 1. The Morgan fingerprint density at radius 2 is 2.20 bits per heavy atom. The molecule has 3 nitrogen and oxygen atoms in total. The fraction of sp³-hybridized carbons (Fsp3) is 0.364. The van der Waals surface area contributed by atoms with Crippen molar-refractivity contribution in [3.05, 3.63) is 28.8 Å². The molecule has 0 unspecified atom stereocenters. The van der Waals surface area contributed by atoms with Gasteiger partial charge in [0.25, 0.3) is 0 Å². The Bertz CT molecular complexity index is 352. The van der Waals surface area contributed by atoms with Gasteiger partial charge >= 0.3 is 6.09 Å². The molecule has 0 bridgehead atoms. The first-order valence-corrected chi connectivity index (χ1v) is 5.27. The first-order chi connectivity index (χ1) is 7.17. The second-order valence-corrected chi connectivity index (χ2v) is 3.41. The number of halogens is 1. The van der Waals surface area contributed by atoms with E-state index in [1.165, 1.54) is 0 Å². The molecular formula is C11H14ClNO2. The van der Waals surface area contributed by atoms with Gasteiger partial charge in [-0.05, 0) is 37.1 Å². The van der Waals surface area contributed by atoms with Gasteiger partial charge in [-0.1, -0.05) is 18.5 Å². The number of hydrogen-bond donors (Lipinski definition) is 1. The summed E-state index contributed by atoms with van der Waals surface area (Å²) in [6, 6.07) is 5.36. The molecule has 15 heavy (non-hydrogen) atoms. The van der Waals surface area contributed by atoms with E-state index in [1.807, 2.05) is 13.0 Å². The van der Waals surface area contributed by atoms with Gasteiger partial charge in [-0.25, -0.2) is 4.79 Å². The van der Waals surface area contributed by atoms with Crippen LogP contribution < -0.4 is 5.32 Å². The van der Waals surface area contributed by atoms with E-state index in [4.69, 9.17) is 16.3 Å². The Labute approximate surface area is 94.4 Å². The molecule has 0 fully saturated rings. The van der Waals surface area contributed by atoms with Gasteiger partial charge in [-0.15, -0.1) is 0 Å². The van der Waals surface area contributed by atoms with Crippen molar-refractivity contribution in [3.8, 4) is 0 Å². The maximum absolute atomic E-state index is 11.1. The van der Waals surface area contributed by atoms with Gasteiger partial charge in [0, 0.05) is 10.7 Å². The summed E-state index contributed by atoms with van der Waals surface area (Å²) in [5.74, 6) is 0. The van der Waals surface area contributed by atoms with Crippen molar-refractivity contribution < 1.29 is 9.53 Å². The zero-order valence-corrected chi connectivity index (χ0v) is 9.60.